The number of carbonyl (C=O) groups is 2. The van der Waals surface area contributed by atoms with Crippen molar-refractivity contribution in [1.29, 1.82) is 5.26 Å². The molecule has 0 aliphatic carbocycles. The van der Waals surface area contributed by atoms with Crippen molar-refractivity contribution in [3.63, 3.8) is 0 Å². The summed E-state index contributed by atoms with van der Waals surface area (Å²) in [5.41, 5.74) is 1.44. The Morgan fingerprint density at radius 3 is 2.64 bits per heavy atom. The lowest BCUT2D eigenvalue weighted by Gasteiger charge is -2.09. The summed E-state index contributed by atoms with van der Waals surface area (Å²) < 4.78 is 1.56. The van der Waals surface area contributed by atoms with Gasteiger partial charge in [0.25, 0.3) is 11.8 Å². The van der Waals surface area contributed by atoms with Gasteiger partial charge in [0.05, 0.1) is 16.8 Å². The quantitative estimate of drug-likeness (QED) is 0.682. The van der Waals surface area contributed by atoms with Crippen LogP contribution >= 0.6 is 0 Å². The second-order valence-corrected chi connectivity index (χ2v) is 6.41. The summed E-state index contributed by atoms with van der Waals surface area (Å²) in [5.74, 6) is -0.778. The average molecular weight is 376 g/mol. The van der Waals surface area contributed by atoms with Crippen LogP contribution < -0.4 is 10.6 Å². The number of aromatic nitrogens is 2. The molecule has 0 saturated heterocycles. The van der Waals surface area contributed by atoms with Crippen molar-refractivity contribution in [3.05, 3.63) is 65.7 Å². The van der Waals surface area contributed by atoms with Crippen molar-refractivity contribution < 1.29 is 9.59 Å². The van der Waals surface area contributed by atoms with Gasteiger partial charge in [-0.15, -0.1) is 0 Å². The zero-order chi connectivity index (χ0) is 20.1. The maximum atomic E-state index is 12.8. The molecule has 8 nitrogen and oxygen atoms in total. The fourth-order valence-corrected chi connectivity index (χ4v) is 2.71. The van der Waals surface area contributed by atoms with Crippen molar-refractivity contribution in [2.45, 2.75) is 0 Å². The monoisotopic (exact) mass is 376 g/mol. The number of nitrogens with zero attached hydrogens (tertiary/aromatic N) is 4. The van der Waals surface area contributed by atoms with Crippen LogP contribution in [0.4, 0.5) is 5.69 Å². The van der Waals surface area contributed by atoms with Gasteiger partial charge < -0.3 is 15.5 Å². The highest BCUT2D eigenvalue weighted by atomic mass is 16.2. The number of fused-ring (bicyclic) bond motifs is 1. The predicted octanol–water partition coefficient (Wildman–Crippen LogP) is 1.75. The van der Waals surface area contributed by atoms with E-state index in [-0.39, 0.29) is 17.4 Å². The molecule has 142 valence electrons. The maximum Gasteiger partial charge on any atom is 0.292 e. The SMILES string of the molecule is CN(C)CCNC(=O)c1nc(C(=O)Nc2ccccc2C#N)n2ccccc12. The van der Waals surface area contributed by atoms with Crippen LogP contribution in [0.5, 0.6) is 0 Å². The molecule has 2 N–H and O–H groups in total. The Hall–Kier alpha value is -3.70. The minimum absolute atomic E-state index is 0.0705. The largest absolute Gasteiger partial charge is 0.349 e. The first kappa shape index (κ1) is 19.1. The van der Waals surface area contributed by atoms with Gasteiger partial charge >= 0.3 is 0 Å². The first-order valence-electron chi connectivity index (χ1n) is 8.71. The molecule has 0 fully saturated rings. The van der Waals surface area contributed by atoms with Crippen molar-refractivity contribution in [1.82, 2.24) is 19.6 Å². The second-order valence-electron chi connectivity index (χ2n) is 6.41. The topological polar surface area (TPSA) is 103 Å². The Morgan fingerprint density at radius 1 is 1.14 bits per heavy atom. The molecule has 0 radical (unpaired) electrons. The van der Waals surface area contributed by atoms with E-state index < -0.39 is 5.91 Å². The Balaban J connectivity index is 1.90. The van der Waals surface area contributed by atoms with E-state index in [2.05, 4.69) is 15.6 Å². The summed E-state index contributed by atoms with van der Waals surface area (Å²) >= 11 is 0. The van der Waals surface area contributed by atoms with Crippen molar-refractivity contribution >= 4 is 23.0 Å². The van der Waals surface area contributed by atoms with Crippen LogP contribution in [0.15, 0.2) is 48.7 Å². The van der Waals surface area contributed by atoms with Crippen LogP contribution in [0, 0.1) is 11.3 Å². The number of nitrogens with one attached hydrogen (secondary N) is 2. The molecule has 1 aromatic carbocycles. The molecular weight excluding hydrogens is 356 g/mol. The number of likely N-dealkylation sites (N-methyl/N-ethyl adjacent to an activating group) is 1. The van der Waals surface area contributed by atoms with E-state index in [9.17, 15) is 14.9 Å². The van der Waals surface area contributed by atoms with Gasteiger partial charge in [-0.1, -0.05) is 18.2 Å². The molecular formula is C20H20N6O2. The molecule has 2 aromatic heterocycles. The van der Waals surface area contributed by atoms with Crippen molar-refractivity contribution in [3.8, 4) is 6.07 Å². The van der Waals surface area contributed by atoms with Gasteiger partial charge in [-0.05, 0) is 38.4 Å². The Kier molecular flexibility index (Phi) is 5.67. The summed E-state index contributed by atoms with van der Waals surface area (Å²) in [4.78, 5) is 31.6. The third kappa shape index (κ3) is 4.00. The van der Waals surface area contributed by atoms with Crippen molar-refractivity contribution in [2.75, 3.05) is 32.5 Å². The molecule has 2 amide bonds. The number of anilines is 1. The number of pyridine rings is 1. The van der Waals surface area contributed by atoms with Crippen LogP contribution in [-0.4, -0.2) is 53.3 Å². The Morgan fingerprint density at radius 2 is 1.89 bits per heavy atom. The standard InChI is InChI=1S/C20H20N6O2/c1-25(2)12-10-22-19(27)17-16-9-5-6-11-26(16)18(24-17)20(28)23-15-8-4-3-7-14(15)13-21/h3-9,11H,10,12H2,1-2H3,(H,22,27)(H,23,28). The molecule has 2 heterocycles. The number of hydrogen-bond donors (Lipinski definition) is 2. The lowest BCUT2D eigenvalue weighted by atomic mass is 10.2. The van der Waals surface area contributed by atoms with Gasteiger partial charge in [0.2, 0.25) is 5.82 Å². The van der Waals surface area contributed by atoms with E-state index in [4.69, 9.17) is 0 Å². The minimum Gasteiger partial charge on any atom is -0.349 e. The highest BCUT2D eigenvalue weighted by Gasteiger charge is 2.21. The highest BCUT2D eigenvalue weighted by molar-refractivity contribution is 6.06. The summed E-state index contributed by atoms with van der Waals surface area (Å²) in [6.45, 7) is 1.16. The third-order valence-corrected chi connectivity index (χ3v) is 4.11. The highest BCUT2D eigenvalue weighted by Crippen LogP contribution is 2.17. The molecule has 0 atom stereocenters. The molecule has 8 heteroatoms. The minimum atomic E-state index is -0.503. The fourth-order valence-electron chi connectivity index (χ4n) is 2.71. The number of carbonyl (C=O) groups excluding carboxylic acids is 2. The average Bonchev–Trinajstić information content (AvgIpc) is 3.08. The molecule has 0 aliphatic rings. The zero-order valence-electron chi connectivity index (χ0n) is 15.6. The summed E-state index contributed by atoms with van der Waals surface area (Å²) in [5, 5.41) is 14.7. The molecule has 3 rings (SSSR count). The van der Waals surface area contributed by atoms with Crippen LogP contribution in [0.3, 0.4) is 0 Å². The molecule has 0 aliphatic heterocycles. The number of rotatable bonds is 6. The van der Waals surface area contributed by atoms with Crippen LogP contribution in [0.2, 0.25) is 0 Å². The van der Waals surface area contributed by atoms with Crippen LogP contribution in [0.25, 0.3) is 5.52 Å². The number of benzene rings is 1. The summed E-state index contributed by atoms with van der Waals surface area (Å²) in [6.07, 6.45) is 1.67. The maximum absolute atomic E-state index is 12.8. The first-order valence-corrected chi connectivity index (χ1v) is 8.71. The fraction of sp³-hybridized carbons (Fsp3) is 0.200. The van der Waals surface area contributed by atoms with Crippen molar-refractivity contribution in [2.24, 2.45) is 0 Å². The van der Waals surface area contributed by atoms with Gasteiger partial charge in [-0.25, -0.2) is 4.98 Å². The van der Waals surface area contributed by atoms with Crippen LogP contribution in [-0.2, 0) is 0 Å². The van der Waals surface area contributed by atoms with E-state index in [1.165, 1.54) is 0 Å². The normalized spacial score (nSPS) is 10.6. The van der Waals surface area contributed by atoms with Gasteiger partial charge in [-0.2, -0.15) is 5.26 Å². The number of hydrogen-bond acceptors (Lipinski definition) is 5. The van der Waals surface area contributed by atoms with E-state index in [0.29, 0.717) is 29.9 Å². The predicted molar refractivity (Wildman–Crippen MR) is 105 cm³/mol. The number of imidazole rings is 1. The molecule has 28 heavy (non-hydrogen) atoms. The number of para-hydroxylation sites is 1. The van der Waals surface area contributed by atoms with E-state index in [0.717, 1.165) is 0 Å². The molecule has 0 unspecified atom stereocenters. The second kappa shape index (κ2) is 8.33. The summed E-state index contributed by atoms with van der Waals surface area (Å²) in [6, 6.07) is 14.0. The molecule has 0 spiro atoms. The van der Waals surface area contributed by atoms with E-state index >= 15 is 0 Å². The lowest BCUT2D eigenvalue weighted by Crippen LogP contribution is -2.31. The Labute approximate surface area is 162 Å². The zero-order valence-corrected chi connectivity index (χ0v) is 15.6. The molecule has 0 saturated carbocycles. The van der Waals surface area contributed by atoms with Gasteiger partial charge in [0, 0.05) is 19.3 Å². The van der Waals surface area contributed by atoms with E-state index in [1.807, 2.05) is 25.1 Å². The van der Waals surface area contributed by atoms with Gasteiger partial charge in [-0.3, -0.25) is 14.0 Å². The molecule has 3 aromatic rings. The van der Waals surface area contributed by atoms with Crippen LogP contribution in [0.1, 0.15) is 26.7 Å². The number of amides is 2. The number of nitriles is 1. The Bertz CT molecular complexity index is 1060. The third-order valence-electron chi connectivity index (χ3n) is 4.11. The first-order chi connectivity index (χ1) is 13.5. The smallest absolute Gasteiger partial charge is 0.292 e. The molecule has 0 bridgehead atoms. The van der Waals surface area contributed by atoms with Gasteiger partial charge in [0.1, 0.15) is 6.07 Å². The lowest BCUT2D eigenvalue weighted by molar-refractivity contribution is 0.0948. The summed E-state index contributed by atoms with van der Waals surface area (Å²) in [7, 11) is 3.83. The van der Waals surface area contributed by atoms with Gasteiger partial charge in [0.15, 0.2) is 5.69 Å². The van der Waals surface area contributed by atoms with E-state index in [1.54, 1.807) is 53.1 Å².